The molecule has 0 bridgehead atoms. The smallest absolute Gasteiger partial charge is 0.224 e. The maximum absolute atomic E-state index is 11.7. The normalized spacial score (nSPS) is 16.3. The Kier molecular flexibility index (Phi) is 4.21. The first kappa shape index (κ1) is 11.9. The van der Waals surface area contributed by atoms with Gasteiger partial charge in [0.15, 0.2) is 0 Å². The van der Waals surface area contributed by atoms with E-state index in [0.717, 1.165) is 18.4 Å². The molecule has 3 heteroatoms. The Morgan fingerprint density at radius 3 is 2.50 bits per heavy atom. The first-order chi connectivity index (χ1) is 7.74. The molecule has 86 valence electrons. The highest BCUT2D eigenvalue weighted by atomic mass is 127. The summed E-state index contributed by atoms with van der Waals surface area (Å²) < 4.78 is 1.21. The summed E-state index contributed by atoms with van der Waals surface area (Å²) in [5, 5.41) is 3.10. The van der Waals surface area contributed by atoms with Gasteiger partial charge in [-0.15, -0.1) is 0 Å². The third-order valence-electron chi connectivity index (χ3n) is 3.00. The second-order valence-electron chi connectivity index (χ2n) is 4.35. The van der Waals surface area contributed by atoms with Crippen LogP contribution in [0.2, 0.25) is 0 Å². The number of benzene rings is 1. The Labute approximate surface area is 110 Å². The van der Waals surface area contributed by atoms with E-state index in [4.69, 9.17) is 0 Å². The van der Waals surface area contributed by atoms with Crippen molar-refractivity contribution >= 4 is 28.5 Å². The number of rotatable bonds is 3. The molecule has 1 N–H and O–H groups in total. The molecule has 1 aromatic carbocycles. The average Bonchev–Trinajstić information content (AvgIpc) is 2.74. The van der Waals surface area contributed by atoms with Crippen LogP contribution in [0.25, 0.3) is 0 Å². The van der Waals surface area contributed by atoms with E-state index in [-0.39, 0.29) is 5.91 Å². The Morgan fingerprint density at radius 2 is 1.88 bits per heavy atom. The van der Waals surface area contributed by atoms with Crippen molar-refractivity contribution in [3.63, 3.8) is 0 Å². The predicted molar refractivity (Wildman–Crippen MR) is 73.3 cm³/mol. The van der Waals surface area contributed by atoms with E-state index in [2.05, 4.69) is 27.9 Å². The van der Waals surface area contributed by atoms with Crippen molar-refractivity contribution in [2.24, 2.45) is 0 Å². The molecule has 0 aromatic heterocycles. The molecule has 1 fully saturated rings. The first-order valence-electron chi connectivity index (χ1n) is 5.78. The van der Waals surface area contributed by atoms with Crippen molar-refractivity contribution in [2.45, 2.75) is 38.1 Å². The molecule has 1 saturated carbocycles. The Hall–Kier alpha value is -0.580. The summed E-state index contributed by atoms with van der Waals surface area (Å²) in [5.74, 6) is 0.160. The van der Waals surface area contributed by atoms with Gasteiger partial charge in [-0.2, -0.15) is 0 Å². The summed E-state index contributed by atoms with van der Waals surface area (Å²) in [5.41, 5.74) is 1.09. The van der Waals surface area contributed by atoms with E-state index in [0.29, 0.717) is 12.5 Å². The standard InChI is InChI=1S/C13H16INO/c14-11-7-5-10(6-8-11)9-13(16)15-12-3-1-2-4-12/h5-8,12H,1-4,9H2,(H,15,16). The minimum atomic E-state index is 0.160. The topological polar surface area (TPSA) is 29.1 Å². The minimum Gasteiger partial charge on any atom is -0.353 e. The second-order valence-corrected chi connectivity index (χ2v) is 5.60. The number of hydrogen-bond donors (Lipinski definition) is 1. The highest BCUT2D eigenvalue weighted by Gasteiger charge is 2.16. The van der Waals surface area contributed by atoms with Crippen LogP contribution in [0.3, 0.4) is 0 Å². The molecular formula is C13H16INO. The van der Waals surface area contributed by atoms with E-state index >= 15 is 0 Å². The fourth-order valence-corrected chi connectivity index (χ4v) is 2.50. The molecule has 1 aliphatic carbocycles. The number of nitrogens with one attached hydrogen (secondary N) is 1. The van der Waals surface area contributed by atoms with Gasteiger partial charge in [0, 0.05) is 9.61 Å². The van der Waals surface area contributed by atoms with E-state index in [9.17, 15) is 4.79 Å². The monoisotopic (exact) mass is 329 g/mol. The zero-order chi connectivity index (χ0) is 11.4. The molecule has 0 aliphatic heterocycles. The molecule has 1 aliphatic rings. The lowest BCUT2D eigenvalue weighted by molar-refractivity contribution is -0.121. The summed E-state index contributed by atoms with van der Waals surface area (Å²) in [7, 11) is 0. The number of halogens is 1. The maximum atomic E-state index is 11.7. The zero-order valence-electron chi connectivity index (χ0n) is 9.21. The molecule has 0 atom stereocenters. The predicted octanol–water partition coefficient (Wildman–Crippen LogP) is 2.89. The van der Waals surface area contributed by atoms with Crippen molar-refractivity contribution in [3.05, 3.63) is 33.4 Å². The molecule has 0 radical (unpaired) electrons. The van der Waals surface area contributed by atoms with Gasteiger partial charge in [-0.1, -0.05) is 25.0 Å². The Balaban J connectivity index is 1.84. The molecule has 0 spiro atoms. The fourth-order valence-electron chi connectivity index (χ4n) is 2.14. The number of carbonyl (C=O) groups excluding carboxylic acids is 1. The first-order valence-corrected chi connectivity index (χ1v) is 6.86. The van der Waals surface area contributed by atoms with Crippen LogP contribution in [0.5, 0.6) is 0 Å². The lowest BCUT2D eigenvalue weighted by Gasteiger charge is -2.11. The number of amides is 1. The van der Waals surface area contributed by atoms with Gasteiger partial charge in [-0.3, -0.25) is 4.79 Å². The van der Waals surface area contributed by atoms with Crippen LogP contribution in [0, 0.1) is 3.57 Å². The molecule has 0 unspecified atom stereocenters. The van der Waals surface area contributed by atoms with Gasteiger partial charge >= 0.3 is 0 Å². The van der Waals surface area contributed by atoms with Gasteiger partial charge in [0.1, 0.15) is 0 Å². The van der Waals surface area contributed by atoms with Gasteiger partial charge in [0.25, 0.3) is 0 Å². The van der Waals surface area contributed by atoms with Crippen molar-refractivity contribution in [1.82, 2.24) is 5.32 Å². The third kappa shape index (κ3) is 3.47. The van der Waals surface area contributed by atoms with Crippen LogP contribution < -0.4 is 5.32 Å². The van der Waals surface area contributed by atoms with Crippen molar-refractivity contribution in [1.29, 1.82) is 0 Å². The molecule has 0 saturated heterocycles. The van der Waals surface area contributed by atoms with E-state index in [1.807, 2.05) is 24.3 Å². The average molecular weight is 329 g/mol. The van der Waals surface area contributed by atoms with E-state index < -0.39 is 0 Å². The maximum Gasteiger partial charge on any atom is 0.224 e. The van der Waals surface area contributed by atoms with Crippen molar-refractivity contribution in [2.75, 3.05) is 0 Å². The van der Waals surface area contributed by atoms with Crippen LogP contribution in [0.1, 0.15) is 31.2 Å². The van der Waals surface area contributed by atoms with Gasteiger partial charge in [0.2, 0.25) is 5.91 Å². The van der Waals surface area contributed by atoms with Crippen molar-refractivity contribution in [3.8, 4) is 0 Å². The van der Waals surface area contributed by atoms with E-state index in [1.54, 1.807) is 0 Å². The molecule has 2 nitrogen and oxygen atoms in total. The lowest BCUT2D eigenvalue weighted by Crippen LogP contribution is -2.33. The molecular weight excluding hydrogens is 313 g/mol. The van der Waals surface area contributed by atoms with Crippen LogP contribution >= 0.6 is 22.6 Å². The summed E-state index contributed by atoms with van der Waals surface area (Å²) in [4.78, 5) is 11.7. The van der Waals surface area contributed by atoms with Crippen LogP contribution in [0.15, 0.2) is 24.3 Å². The molecule has 1 amide bonds. The van der Waals surface area contributed by atoms with Gasteiger partial charge in [-0.05, 0) is 53.1 Å². The molecule has 2 rings (SSSR count). The van der Waals surface area contributed by atoms with Crippen LogP contribution in [0.4, 0.5) is 0 Å². The Bertz CT molecular complexity index is 355. The summed E-state index contributed by atoms with van der Waals surface area (Å²) >= 11 is 2.27. The van der Waals surface area contributed by atoms with Gasteiger partial charge in [0.05, 0.1) is 6.42 Å². The van der Waals surface area contributed by atoms with Crippen LogP contribution in [-0.2, 0) is 11.2 Å². The lowest BCUT2D eigenvalue weighted by atomic mass is 10.1. The minimum absolute atomic E-state index is 0.160. The largest absolute Gasteiger partial charge is 0.353 e. The third-order valence-corrected chi connectivity index (χ3v) is 3.72. The molecule has 1 aromatic rings. The molecule has 0 heterocycles. The SMILES string of the molecule is O=C(Cc1ccc(I)cc1)NC1CCCC1. The molecule has 16 heavy (non-hydrogen) atoms. The highest BCUT2D eigenvalue weighted by Crippen LogP contribution is 2.17. The highest BCUT2D eigenvalue weighted by molar-refractivity contribution is 14.1. The summed E-state index contributed by atoms with van der Waals surface area (Å²) in [6.45, 7) is 0. The van der Waals surface area contributed by atoms with Gasteiger partial charge < -0.3 is 5.32 Å². The zero-order valence-corrected chi connectivity index (χ0v) is 11.4. The number of carbonyl (C=O) groups is 1. The number of hydrogen-bond acceptors (Lipinski definition) is 1. The van der Waals surface area contributed by atoms with E-state index in [1.165, 1.54) is 16.4 Å². The summed E-state index contributed by atoms with van der Waals surface area (Å²) in [6, 6.07) is 8.56. The van der Waals surface area contributed by atoms with Crippen LogP contribution in [-0.4, -0.2) is 11.9 Å². The van der Waals surface area contributed by atoms with Crippen molar-refractivity contribution < 1.29 is 4.79 Å². The Morgan fingerprint density at radius 1 is 1.25 bits per heavy atom. The summed E-state index contributed by atoms with van der Waals surface area (Å²) in [6.07, 6.45) is 5.33. The quantitative estimate of drug-likeness (QED) is 0.849. The van der Waals surface area contributed by atoms with Gasteiger partial charge in [-0.25, -0.2) is 0 Å². The fraction of sp³-hybridized carbons (Fsp3) is 0.462. The second kappa shape index (κ2) is 5.66.